The SMILES string of the molecule is COCCCOCCOc1c(Br)cccc1CBr. The van der Waals surface area contributed by atoms with E-state index in [0.717, 1.165) is 34.1 Å². The second-order valence-corrected chi connectivity index (χ2v) is 5.08. The number of halogens is 2. The van der Waals surface area contributed by atoms with Crippen molar-refractivity contribution in [2.45, 2.75) is 11.8 Å². The van der Waals surface area contributed by atoms with Crippen molar-refractivity contribution in [1.82, 2.24) is 0 Å². The first-order valence-corrected chi connectivity index (χ1v) is 7.74. The average Bonchev–Trinajstić information content (AvgIpc) is 2.39. The Balaban J connectivity index is 2.26. The lowest BCUT2D eigenvalue weighted by molar-refractivity contribution is 0.0803. The molecule has 0 radical (unpaired) electrons. The molecule has 0 saturated carbocycles. The maximum absolute atomic E-state index is 5.73. The number of hydrogen-bond acceptors (Lipinski definition) is 3. The van der Waals surface area contributed by atoms with Crippen LogP contribution in [0.5, 0.6) is 5.75 Å². The van der Waals surface area contributed by atoms with Crippen LogP contribution in [0.3, 0.4) is 0 Å². The third-order valence-corrected chi connectivity index (χ3v) is 3.53. The lowest BCUT2D eigenvalue weighted by Gasteiger charge is -2.12. The Morgan fingerprint density at radius 1 is 1.11 bits per heavy atom. The summed E-state index contributed by atoms with van der Waals surface area (Å²) in [4.78, 5) is 0. The number of hydrogen-bond donors (Lipinski definition) is 0. The molecule has 0 fully saturated rings. The molecule has 0 aliphatic carbocycles. The van der Waals surface area contributed by atoms with Crippen LogP contribution >= 0.6 is 31.9 Å². The van der Waals surface area contributed by atoms with E-state index in [-0.39, 0.29) is 0 Å². The summed E-state index contributed by atoms with van der Waals surface area (Å²) in [6, 6.07) is 6.00. The highest BCUT2D eigenvalue weighted by atomic mass is 79.9. The predicted octanol–water partition coefficient (Wildman–Crippen LogP) is 3.78. The van der Waals surface area contributed by atoms with Crippen molar-refractivity contribution in [2.24, 2.45) is 0 Å². The maximum atomic E-state index is 5.73. The van der Waals surface area contributed by atoms with Crippen LogP contribution in [-0.2, 0) is 14.8 Å². The highest BCUT2D eigenvalue weighted by Gasteiger charge is 2.06. The van der Waals surface area contributed by atoms with Crippen LogP contribution in [0, 0.1) is 0 Å². The van der Waals surface area contributed by atoms with E-state index in [1.165, 1.54) is 0 Å². The Labute approximate surface area is 125 Å². The third-order valence-electron chi connectivity index (χ3n) is 2.30. The molecule has 0 aromatic heterocycles. The zero-order chi connectivity index (χ0) is 13.2. The molecule has 5 heteroatoms. The average molecular weight is 382 g/mol. The minimum atomic E-state index is 0.551. The molecule has 0 N–H and O–H groups in total. The number of para-hydroxylation sites is 1. The van der Waals surface area contributed by atoms with Gasteiger partial charge >= 0.3 is 0 Å². The fourth-order valence-corrected chi connectivity index (χ4v) is 2.39. The Morgan fingerprint density at radius 3 is 2.67 bits per heavy atom. The van der Waals surface area contributed by atoms with Gasteiger partial charge in [-0.05, 0) is 28.4 Å². The van der Waals surface area contributed by atoms with Crippen LogP contribution in [-0.4, -0.2) is 33.5 Å². The largest absolute Gasteiger partial charge is 0.490 e. The van der Waals surface area contributed by atoms with Gasteiger partial charge in [0.15, 0.2) is 0 Å². The predicted molar refractivity (Wildman–Crippen MR) is 79.6 cm³/mol. The van der Waals surface area contributed by atoms with E-state index >= 15 is 0 Å². The van der Waals surface area contributed by atoms with Gasteiger partial charge in [-0.15, -0.1) is 0 Å². The number of alkyl halides is 1. The van der Waals surface area contributed by atoms with Gasteiger partial charge in [0.2, 0.25) is 0 Å². The van der Waals surface area contributed by atoms with Gasteiger partial charge < -0.3 is 14.2 Å². The molecule has 0 aliphatic rings. The van der Waals surface area contributed by atoms with Crippen LogP contribution in [0.15, 0.2) is 22.7 Å². The van der Waals surface area contributed by atoms with E-state index in [9.17, 15) is 0 Å². The van der Waals surface area contributed by atoms with Gasteiger partial charge in [-0.1, -0.05) is 28.1 Å². The van der Waals surface area contributed by atoms with Crippen molar-refractivity contribution in [3.05, 3.63) is 28.2 Å². The molecule has 3 nitrogen and oxygen atoms in total. The van der Waals surface area contributed by atoms with Crippen LogP contribution in [0.25, 0.3) is 0 Å². The van der Waals surface area contributed by atoms with Crippen molar-refractivity contribution in [3.8, 4) is 5.75 Å². The zero-order valence-electron chi connectivity index (χ0n) is 10.5. The smallest absolute Gasteiger partial charge is 0.137 e. The van der Waals surface area contributed by atoms with Crippen molar-refractivity contribution >= 4 is 31.9 Å². The highest BCUT2D eigenvalue weighted by Crippen LogP contribution is 2.30. The second kappa shape index (κ2) is 9.78. The molecule has 1 rings (SSSR count). The molecule has 102 valence electrons. The highest BCUT2D eigenvalue weighted by molar-refractivity contribution is 9.10. The summed E-state index contributed by atoms with van der Waals surface area (Å²) in [7, 11) is 1.69. The third kappa shape index (κ3) is 5.69. The van der Waals surface area contributed by atoms with Gasteiger partial charge in [0.05, 0.1) is 11.1 Å². The minimum Gasteiger partial charge on any atom is -0.490 e. The van der Waals surface area contributed by atoms with E-state index in [2.05, 4.69) is 31.9 Å². The molecular formula is C13H18Br2O3. The molecule has 0 spiro atoms. The normalized spacial score (nSPS) is 10.6. The summed E-state index contributed by atoms with van der Waals surface area (Å²) >= 11 is 6.94. The summed E-state index contributed by atoms with van der Waals surface area (Å²) in [6.45, 7) is 2.58. The number of rotatable bonds is 9. The fraction of sp³-hybridized carbons (Fsp3) is 0.538. The number of ether oxygens (including phenoxy) is 3. The summed E-state index contributed by atoms with van der Waals surface area (Å²) in [6.07, 6.45) is 0.915. The Kier molecular flexibility index (Phi) is 8.67. The van der Waals surface area contributed by atoms with Crippen LogP contribution in [0.2, 0.25) is 0 Å². The summed E-state index contributed by atoms with van der Waals surface area (Å²) in [5.74, 6) is 0.884. The molecule has 1 aromatic rings. The fourth-order valence-electron chi connectivity index (χ4n) is 1.43. The van der Waals surface area contributed by atoms with Gasteiger partial charge in [0.1, 0.15) is 12.4 Å². The Hall–Kier alpha value is -0.100. The van der Waals surface area contributed by atoms with Gasteiger partial charge in [0, 0.05) is 31.2 Å². The van der Waals surface area contributed by atoms with Gasteiger partial charge in [-0.3, -0.25) is 0 Å². The molecule has 18 heavy (non-hydrogen) atoms. The monoisotopic (exact) mass is 380 g/mol. The van der Waals surface area contributed by atoms with Crippen LogP contribution < -0.4 is 4.74 Å². The molecule has 0 atom stereocenters. The topological polar surface area (TPSA) is 27.7 Å². The van der Waals surface area contributed by atoms with Gasteiger partial charge in [-0.2, -0.15) is 0 Å². The van der Waals surface area contributed by atoms with E-state index in [4.69, 9.17) is 14.2 Å². The molecule has 0 saturated heterocycles. The second-order valence-electron chi connectivity index (χ2n) is 3.67. The molecule has 0 aliphatic heterocycles. The van der Waals surface area contributed by atoms with Gasteiger partial charge in [-0.25, -0.2) is 0 Å². The summed E-state index contributed by atoms with van der Waals surface area (Å²) in [5, 5.41) is 0.774. The molecule has 0 heterocycles. The minimum absolute atomic E-state index is 0.551. The van der Waals surface area contributed by atoms with E-state index in [0.29, 0.717) is 19.8 Å². The number of methoxy groups -OCH3 is 1. The first-order valence-electron chi connectivity index (χ1n) is 5.82. The molecular weight excluding hydrogens is 364 g/mol. The van der Waals surface area contributed by atoms with E-state index in [1.807, 2.05) is 18.2 Å². The van der Waals surface area contributed by atoms with E-state index < -0.39 is 0 Å². The lowest BCUT2D eigenvalue weighted by Crippen LogP contribution is -2.09. The van der Waals surface area contributed by atoms with Crippen molar-refractivity contribution in [1.29, 1.82) is 0 Å². The van der Waals surface area contributed by atoms with Crippen molar-refractivity contribution < 1.29 is 14.2 Å². The quantitative estimate of drug-likeness (QED) is 0.481. The summed E-state index contributed by atoms with van der Waals surface area (Å²) in [5.41, 5.74) is 1.13. The molecule has 0 unspecified atom stereocenters. The van der Waals surface area contributed by atoms with Gasteiger partial charge in [0.25, 0.3) is 0 Å². The standard InChI is InChI=1S/C13H18Br2O3/c1-16-6-3-7-17-8-9-18-13-11(10-14)4-2-5-12(13)15/h2,4-5H,3,6-10H2,1H3. The Bertz CT molecular complexity index is 345. The van der Waals surface area contributed by atoms with Crippen LogP contribution in [0.4, 0.5) is 0 Å². The number of benzene rings is 1. The lowest BCUT2D eigenvalue weighted by atomic mass is 10.2. The maximum Gasteiger partial charge on any atom is 0.137 e. The first-order chi connectivity index (χ1) is 8.79. The molecule has 1 aromatic carbocycles. The molecule has 0 amide bonds. The molecule has 0 bridgehead atoms. The van der Waals surface area contributed by atoms with Crippen molar-refractivity contribution in [2.75, 3.05) is 33.5 Å². The van der Waals surface area contributed by atoms with Crippen LogP contribution in [0.1, 0.15) is 12.0 Å². The summed E-state index contributed by atoms with van der Waals surface area (Å²) < 4.78 is 17.1. The first kappa shape index (κ1) is 16.0. The zero-order valence-corrected chi connectivity index (χ0v) is 13.6. The Morgan fingerprint density at radius 2 is 1.94 bits per heavy atom. The van der Waals surface area contributed by atoms with Crippen molar-refractivity contribution in [3.63, 3.8) is 0 Å². The van der Waals surface area contributed by atoms with E-state index in [1.54, 1.807) is 7.11 Å².